The van der Waals surface area contributed by atoms with Crippen molar-refractivity contribution in [3.63, 3.8) is 0 Å². The Labute approximate surface area is 102 Å². The van der Waals surface area contributed by atoms with Crippen LogP contribution in [0.25, 0.3) is 6.08 Å². The van der Waals surface area contributed by atoms with Crippen molar-refractivity contribution in [2.45, 2.75) is 31.8 Å². The minimum atomic E-state index is 0.466. The molecular formula is C14H19NO2. The van der Waals surface area contributed by atoms with E-state index >= 15 is 0 Å². The molecule has 3 heteroatoms. The lowest BCUT2D eigenvalue weighted by Gasteiger charge is -2.08. The summed E-state index contributed by atoms with van der Waals surface area (Å²) >= 11 is 0. The quantitative estimate of drug-likeness (QED) is 0.768. The molecule has 0 aromatic heterocycles. The summed E-state index contributed by atoms with van der Waals surface area (Å²) in [6, 6.07) is 8.37. The summed E-state index contributed by atoms with van der Waals surface area (Å²) in [5.41, 5.74) is 4.41. The van der Waals surface area contributed by atoms with Gasteiger partial charge in [-0.25, -0.2) is 0 Å². The predicted octanol–water partition coefficient (Wildman–Crippen LogP) is 2.75. The molecule has 1 heterocycles. The van der Waals surface area contributed by atoms with E-state index in [1.807, 2.05) is 11.6 Å². The normalized spacial score (nSPS) is 19.9. The maximum Gasteiger partial charge on any atom is 0.0579 e. The van der Waals surface area contributed by atoms with Gasteiger partial charge in [-0.15, -0.1) is 0 Å². The van der Waals surface area contributed by atoms with Crippen molar-refractivity contribution in [3.8, 4) is 0 Å². The van der Waals surface area contributed by atoms with Crippen LogP contribution in [0.1, 0.15) is 30.4 Å². The molecule has 3 nitrogen and oxygen atoms in total. The summed E-state index contributed by atoms with van der Waals surface area (Å²) in [5.74, 6) is 0. The van der Waals surface area contributed by atoms with Gasteiger partial charge in [-0.3, -0.25) is 10.7 Å². The highest BCUT2D eigenvalue weighted by Crippen LogP contribution is 2.18. The number of nitrogens with one attached hydrogen (secondary N) is 1. The molecule has 0 spiro atoms. The number of hydrogen-bond acceptors (Lipinski definition) is 3. The van der Waals surface area contributed by atoms with Crippen LogP contribution >= 0.6 is 0 Å². The molecular weight excluding hydrogens is 214 g/mol. The lowest BCUT2D eigenvalue weighted by molar-refractivity contribution is 0.104. The molecule has 2 rings (SSSR count). The fourth-order valence-corrected chi connectivity index (χ4v) is 2.13. The highest BCUT2D eigenvalue weighted by molar-refractivity contribution is 5.49. The van der Waals surface area contributed by atoms with E-state index < -0.39 is 0 Å². The first kappa shape index (κ1) is 12.1. The predicted molar refractivity (Wildman–Crippen MR) is 67.7 cm³/mol. The minimum absolute atomic E-state index is 0.466. The van der Waals surface area contributed by atoms with E-state index in [2.05, 4.69) is 24.3 Å². The number of ether oxygens (including phenoxy) is 1. The Balaban J connectivity index is 1.82. The van der Waals surface area contributed by atoms with Crippen molar-refractivity contribution in [1.29, 1.82) is 0 Å². The van der Waals surface area contributed by atoms with Gasteiger partial charge in [-0.05, 0) is 42.9 Å². The Morgan fingerprint density at radius 3 is 2.82 bits per heavy atom. The Kier molecular flexibility index (Phi) is 4.59. The zero-order valence-electron chi connectivity index (χ0n) is 9.93. The Morgan fingerprint density at radius 1 is 1.35 bits per heavy atom. The van der Waals surface area contributed by atoms with Gasteiger partial charge < -0.3 is 4.74 Å². The van der Waals surface area contributed by atoms with Crippen LogP contribution < -0.4 is 5.48 Å². The molecule has 2 N–H and O–H groups in total. The molecule has 1 aliphatic rings. The van der Waals surface area contributed by atoms with Gasteiger partial charge in [0.15, 0.2) is 0 Å². The molecule has 0 amide bonds. The molecule has 17 heavy (non-hydrogen) atoms. The SMILES string of the molecule is ON/C=C/c1ccc(CCC2CCCO2)cc1. The van der Waals surface area contributed by atoms with Gasteiger partial charge in [0.05, 0.1) is 6.10 Å². The number of rotatable bonds is 5. The van der Waals surface area contributed by atoms with Gasteiger partial charge >= 0.3 is 0 Å². The van der Waals surface area contributed by atoms with E-state index in [-0.39, 0.29) is 0 Å². The minimum Gasteiger partial charge on any atom is -0.378 e. The van der Waals surface area contributed by atoms with Crippen LogP contribution in [0.3, 0.4) is 0 Å². The average Bonchev–Trinajstić information content (AvgIpc) is 2.88. The van der Waals surface area contributed by atoms with E-state index in [0.717, 1.165) is 25.0 Å². The lowest BCUT2D eigenvalue weighted by atomic mass is 10.0. The second-order valence-corrected chi connectivity index (χ2v) is 4.38. The Bertz CT molecular complexity index is 353. The molecule has 1 saturated heterocycles. The van der Waals surface area contributed by atoms with E-state index in [9.17, 15) is 0 Å². The van der Waals surface area contributed by atoms with Crippen molar-refractivity contribution in [3.05, 3.63) is 41.6 Å². The van der Waals surface area contributed by atoms with Gasteiger partial charge in [-0.2, -0.15) is 0 Å². The summed E-state index contributed by atoms with van der Waals surface area (Å²) in [4.78, 5) is 0. The van der Waals surface area contributed by atoms with E-state index in [4.69, 9.17) is 9.94 Å². The zero-order valence-corrected chi connectivity index (χ0v) is 9.93. The number of hydrogen-bond donors (Lipinski definition) is 2. The first-order chi connectivity index (χ1) is 8.38. The molecule has 0 bridgehead atoms. The van der Waals surface area contributed by atoms with Crippen LogP contribution in [0.4, 0.5) is 0 Å². The highest BCUT2D eigenvalue weighted by Gasteiger charge is 2.14. The van der Waals surface area contributed by atoms with Gasteiger partial charge in [-0.1, -0.05) is 24.3 Å². The van der Waals surface area contributed by atoms with Gasteiger partial charge in [0.25, 0.3) is 0 Å². The molecule has 92 valence electrons. The average molecular weight is 233 g/mol. The molecule has 1 aromatic carbocycles. The second kappa shape index (κ2) is 6.42. The fourth-order valence-electron chi connectivity index (χ4n) is 2.13. The van der Waals surface area contributed by atoms with Crippen LogP contribution in [0.5, 0.6) is 0 Å². The number of aryl methyl sites for hydroxylation is 1. The van der Waals surface area contributed by atoms with Crippen LogP contribution in [-0.4, -0.2) is 17.9 Å². The molecule has 1 atom stereocenters. The van der Waals surface area contributed by atoms with Crippen LogP contribution in [-0.2, 0) is 11.2 Å². The van der Waals surface area contributed by atoms with E-state index in [1.165, 1.54) is 24.6 Å². The van der Waals surface area contributed by atoms with E-state index in [1.54, 1.807) is 0 Å². The van der Waals surface area contributed by atoms with Crippen LogP contribution in [0.15, 0.2) is 30.5 Å². The largest absolute Gasteiger partial charge is 0.378 e. The van der Waals surface area contributed by atoms with E-state index in [0.29, 0.717) is 6.10 Å². The molecule has 0 radical (unpaired) electrons. The summed E-state index contributed by atoms with van der Waals surface area (Å²) in [7, 11) is 0. The summed E-state index contributed by atoms with van der Waals surface area (Å²) in [6.45, 7) is 0.933. The van der Waals surface area contributed by atoms with Crippen molar-refractivity contribution in [2.24, 2.45) is 0 Å². The standard InChI is InChI=1S/C14H19NO2/c16-15-10-9-13-5-3-12(4-6-13)7-8-14-2-1-11-17-14/h3-6,9-10,14-16H,1-2,7-8,11H2/b10-9+. The highest BCUT2D eigenvalue weighted by atomic mass is 16.5. The summed E-state index contributed by atoms with van der Waals surface area (Å²) in [5, 5.41) is 8.44. The third-order valence-corrected chi connectivity index (χ3v) is 3.11. The zero-order chi connectivity index (χ0) is 11.9. The molecule has 0 aliphatic carbocycles. The molecule has 1 fully saturated rings. The van der Waals surface area contributed by atoms with Crippen LogP contribution in [0, 0.1) is 0 Å². The van der Waals surface area contributed by atoms with Gasteiger partial charge in [0.2, 0.25) is 0 Å². The fraction of sp³-hybridized carbons (Fsp3) is 0.429. The second-order valence-electron chi connectivity index (χ2n) is 4.38. The topological polar surface area (TPSA) is 41.5 Å². The summed E-state index contributed by atoms with van der Waals surface area (Å²) < 4.78 is 5.60. The maximum atomic E-state index is 8.44. The maximum absolute atomic E-state index is 8.44. The Morgan fingerprint density at radius 2 is 2.18 bits per heavy atom. The Hall–Kier alpha value is -1.32. The first-order valence-corrected chi connectivity index (χ1v) is 6.15. The molecule has 1 unspecified atom stereocenters. The molecule has 0 saturated carbocycles. The van der Waals surface area contributed by atoms with Crippen LogP contribution in [0.2, 0.25) is 0 Å². The van der Waals surface area contributed by atoms with Crippen molar-refractivity contribution >= 4 is 6.08 Å². The molecule has 1 aliphatic heterocycles. The first-order valence-electron chi connectivity index (χ1n) is 6.15. The number of hydroxylamine groups is 1. The third-order valence-electron chi connectivity index (χ3n) is 3.11. The van der Waals surface area contributed by atoms with Crippen molar-refractivity contribution < 1.29 is 9.94 Å². The van der Waals surface area contributed by atoms with Gasteiger partial charge in [0, 0.05) is 12.8 Å². The van der Waals surface area contributed by atoms with Crippen molar-refractivity contribution in [2.75, 3.05) is 6.61 Å². The number of benzene rings is 1. The smallest absolute Gasteiger partial charge is 0.0579 e. The lowest BCUT2D eigenvalue weighted by Crippen LogP contribution is -2.05. The monoisotopic (exact) mass is 233 g/mol. The molecule has 1 aromatic rings. The van der Waals surface area contributed by atoms with Gasteiger partial charge in [0.1, 0.15) is 0 Å². The van der Waals surface area contributed by atoms with Crippen molar-refractivity contribution in [1.82, 2.24) is 5.48 Å². The third kappa shape index (κ3) is 3.88. The summed E-state index contributed by atoms with van der Waals surface area (Å²) in [6.07, 6.45) is 8.41.